The van der Waals surface area contributed by atoms with Crippen LogP contribution in [0, 0.1) is 12.3 Å². The maximum Gasteiger partial charge on any atom is 0.313 e. The molecule has 0 aromatic heterocycles. The van der Waals surface area contributed by atoms with Crippen molar-refractivity contribution in [1.29, 1.82) is 0 Å². The van der Waals surface area contributed by atoms with Crippen LogP contribution in [0.4, 0.5) is 0 Å². The van der Waals surface area contributed by atoms with Gasteiger partial charge in [0.05, 0.1) is 12.0 Å². The Hall–Kier alpha value is -1.53. The van der Waals surface area contributed by atoms with Gasteiger partial charge in [0.1, 0.15) is 23.2 Å². The Balaban J connectivity index is 2.79. The third kappa shape index (κ3) is 6.62. The summed E-state index contributed by atoms with van der Waals surface area (Å²) in [7, 11) is -0.166. The van der Waals surface area contributed by atoms with Crippen molar-refractivity contribution in [3.63, 3.8) is 0 Å². The van der Waals surface area contributed by atoms with Gasteiger partial charge in [0, 0.05) is 12.5 Å². The SMILES string of the molecule is COC(=O)CC(=O)C[C@@H](NS(=O)c1ccc(C)cc1)C(C)(C)C. The molecule has 0 amide bonds. The molecule has 0 aliphatic rings. The van der Waals surface area contributed by atoms with Crippen LogP contribution in [0.3, 0.4) is 0 Å². The number of carbonyl (C=O) groups excluding carboxylic acids is 2. The highest BCUT2D eigenvalue weighted by molar-refractivity contribution is 7.83. The number of esters is 1. The van der Waals surface area contributed by atoms with Crippen LogP contribution < -0.4 is 4.72 Å². The Bertz CT molecular complexity index is 575. The fraction of sp³-hybridized carbons (Fsp3) is 0.529. The molecule has 1 aromatic carbocycles. The van der Waals surface area contributed by atoms with E-state index in [2.05, 4.69) is 9.46 Å². The third-order valence-corrected chi connectivity index (χ3v) is 4.73. The van der Waals surface area contributed by atoms with Crippen LogP contribution in [0.2, 0.25) is 0 Å². The molecule has 0 bridgehead atoms. The summed E-state index contributed by atoms with van der Waals surface area (Å²) in [5.41, 5.74) is 0.804. The number of ether oxygens (including phenoxy) is 1. The van der Waals surface area contributed by atoms with Gasteiger partial charge < -0.3 is 4.74 Å². The number of ketones is 1. The predicted octanol–water partition coefficient (Wildman–Crippen LogP) is 2.54. The highest BCUT2D eigenvalue weighted by atomic mass is 32.2. The van der Waals surface area contributed by atoms with Crippen molar-refractivity contribution < 1.29 is 18.5 Å². The van der Waals surface area contributed by atoms with Gasteiger partial charge in [-0.15, -0.1) is 0 Å². The molecule has 0 fully saturated rings. The van der Waals surface area contributed by atoms with E-state index in [0.717, 1.165) is 5.56 Å². The molecule has 6 heteroatoms. The van der Waals surface area contributed by atoms with Crippen LogP contribution in [-0.4, -0.2) is 29.1 Å². The lowest BCUT2D eigenvalue weighted by Crippen LogP contribution is -2.43. The molecule has 0 aliphatic heterocycles. The molecule has 1 unspecified atom stereocenters. The minimum Gasteiger partial charge on any atom is -0.469 e. The molecule has 0 saturated carbocycles. The maximum absolute atomic E-state index is 12.5. The number of hydrogen-bond donors (Lipinski definition) is 1. The summed E-state index contributed by atoms with van der Waals surface area (Å²) >= 11 is 0. The molecule has 0 radical (unpaired) electrons. The Kier molecular flexibility index (Phi) is 7.09. The van der Waals surface area contributed by atoms with Gasteiger partial charge in [0.25, 0.3) is 0 Å². The minimum absolute atomic E-state index is 0.121. The van der Waals surface area contributed by atoms with Crippen LogP contribution in [0.25, 0.3) is 0 Å². The molecular weight excluding hydrogens is 314 g/mol. The Morgan fingerprint density at radius 2 is 1.78 bits per heavy atom. The molecule has 1 rings (SSSR count). The van der Waals surface area contributed by atoms with Gasteiger partial charge >= 0.3 is 5.97 Å². The fourth-order valence-corrected chi connectivity index (χ4v) is 3.13. The van der Waals surface area contributed by atoms with Crippen LogP contribution in [0.5, 0.6) is 0 Å². The molecule has 23 heavy (non-hydrogen) atoms. The van der Waals surface area contributed by atoms with Gasteiger partial charge in [-0.05, 0) is 24.5 Å². The average molecular weight is 339 g/mol. The number of methoxy groups -OCH3 is 1. The second-order valence-electron chi connectivity index (χ2n) is 6.61. The first-order chi connectivity index (χ1) is 10.6. The van der Waals surface area contributed by atoms with Crippen molar-refractivity contribution in [3.05, 3.63) is 29.8 Å². The first kappa shape index (κ1) is 19.5. The summed E-state index contributed by atoms with van der Waals surface area (Å²) in [6, 6.07) is 7.07. The first-order valence-corrected chi connectivity index (χ1v) is 8.61. The van der Waals surface area contributed by atoms with Crippen LogP contribution in [0.15, 0.2) is 29.2 Å². The number of hydrogen-bond acceptors (Lipinski definition) is 4. The lowest BCUT2D eigenvalue weighted by Gasteiger charge is -2.30. The van der Waals surface area contributed by atoms with E-state index in [-0.39, 0.29) is 30.1 Å². The van der Waals surface area contributed by atoms with Gasteiger partial charge in [0.15, 0.2) is 0 Å². The molecule has 0 aliphatic carbocycles. The zero-order valence-corrected chi connectivity index (χ0v) is 15.2. The lowest BCUT2D eigenvalue weighted by atomic mass is 9.84. The molecule has 1 aromatic rings. The third-order valence-electron chi connectivity index (χ3n) is 3.53. The summed E-state index contributed by atoms with van der Waals surface area (Å²) in [4.78, 5) is 23.9. The molecule has 0 heterocycles. The summed E-state index contributed by atoms with van der Waals surface area (Å²) in [5, 5.41) is 0. The van der Waals surface area contributed by atoms with Crippen molar-refractivity contribution >= 4 is 22.7 Å². The van der Waals surface area contributed by atoms with E-state index in [1.54, 1.807) is 12.1 Å². The van der Waals surface area contributed by atoms with E-state index in [1.807, 2.05) is 39.8 Å². The predicted molar refractivity (Wildman–Crippen MR) is 90.2 cm³/mol. The smallest absolute Gasteiger partial charge is 0.313 e. The number of nitrogens with one attached hydrogen (secondary N) is 1. The quantitative estimate of drug-likeness (QED) is 0.612. The van der Waals surface area contributed by atoms with E-state index in [1.165, 1.54) is 7.11 Å². The normalized spacial score (nSPS) is 14.1. The standard InChI is InChI=1S/C17H25NO4S/c1-12-6-8-14(9-7-12)23(21)18-15(17(2,3)4)10-13(19)11-16(20)22-5/h6-9,15,18H,10-11H2,1-5H3/t15-,23?/m1/s1. The van der Waals surface area contributed by atoms with Crippen molar-refractivity contribution in [3.8, 4) is 0 Å². The lowest BCUT2D eigenvalue weighted by molar-refractivity contribution is -0.143. The summed E-state index contributed by atoms with van der Waals surface area (Å²) < 4.78 is 20.0. The monoisotopic (exact) mass is 339 g/mol. The minimum atomic E-state index is -1.42. The van der Waals surface area contributed by atoms with Crippen LogP contribution >= 0.6 is 0 Å². The number of Topliss-reactive ketones (excluding diaryl/α,β-unsaturated/α-hetero) is 1. The topological polar surface area (TPSA) is 72.5 Å². The van der Waals surface area contributed by atoms with Crippen molar-refractivity contribution in [2.24, 2.45) is 5.41 Å². The van der Waals surface area contributed by atoms with E-state index in [4.69, 9.17) is 0 Å². The van der Waals surface area contributed by atoms with E-state index < -0.39 is 17.0 Å². The first-order valence-electron chi connectivity index (χ1n) is 7.46. The highest BCUT2D eigenvalue weighted by Gasteiger charge is 2.29. The second-order valence-corrected chi connectivity index (χ2v) is 7.86. The van der Waals surface area contributed by atoms with Gasteiger partial charge in [-0.3, -0.25) is 9.59 Å². The zero-order valence-electron chi connectivity index (χ0n) is 14.3. The molecule has 0 saturated heterocycles. The zero-order chi connectivity index (χ0) is 17.6. The average Bonchev–Trinajstić information content (AvgIpc) is 2.45. The molecule has 0 spiro atoms. The van der Waals surface area contributed by atoms with Crippen molar-refractivity contribution in [2.45, 2.75) is 51.5 Å². The Morgan fingerprint density at radius 3 is 2.26 bits per heavy atom. The van der Waals surface area contributed by atoms with E-state index >= 15 is 0 Å². The maximum atomic E-state index is 12.5. The van der Waals surface area contributed by atoms with E-state index in [9.17, 15) is 13.8 Å². The summed E-state index contributed by atoms with van der Waals surface area (Å²) in [6.07, 6.45) is -0.141. The number of aryl methyl sites for hydroxylation is 1. The Labute approximate surface area is 140 Å². The molecule has 128 valence electrons. The van der Waals surface area contributed by atoms with Gasteiger partial charge in [-0.25, -0.2) is 8.93 Å². The van der Waals surface area contributed by atoms with Crippen molar-refractivity contribution in [2.75, 3.05) is 7.11 Å². The van der Waals surface area contributed by atoms with Gasteiger partial charge in [-0.1, -0.05) is 38.5 Å². The van der Waals surface area contributed by atoms with Gasteiger partial charge in [-0.2, -0.15) is 0 Å². The van der Waals surface area contributed by atoms with Gasteiger partial charge in [0.2, 0.25) is 0 Å². The fourth-order valence-electron chi connectivity index (χ4n) is 1.92. The number of rotatable bonds is 7. The largest absolute Gasteiger partial charge is 0.469 e. The summed E-state index contributed by atoms with van der Waals surface area (Å²) in [5.74, 6) is -0.785. The summed E-state index contributed by atoms with van der Waals surface area (Å²) in [6.45, 7) is 7.84. The Morgan fingerprint density at radius 1 is 1.22 bits per heavy atom. The van der Waals surface area contributed by atoms with Crippen molar-refractivity contribution in [1.82, 2.24) is 4.72 Å². The number of carbonyl (C=O) groups is 2. The highest BCUT2D eigenvalue weighted by Crippen LogP contribution is 2.24. The van der Waals surface area contributed by atoms with E-state index in [0.29, 0.717) is 4.90 Å². The molecule has 2 atom stereocenters. The number of benzene rings is 1. The molecular formula is C17H25NO4S. The van der Waals surface area contributed by atoms with Crippen LogP contribution in [-0.2, 0) is 25.3 Å². The van der Waals surface area contributed by atoms with Crippen LogP contribution in [0.1, 0.15) is 39.2 Å². The molecule has 1 N–H and O–H groups in total. The molecule has 5 nitrogen and oxygen atoms in total. The second kappa shape index (κ2) is 8.36.